The van der Waals surface area contributed by atoms with Gasteiger partial charge in [-0.3, -0.25) is 14.4 Å². The molecule has 3 aliphatic heterocycles. The number of allylic oxidation sites excluding steroid dienone is 2. The van der Waals surface area contributed by atoms with Crippen molar-refractivity contribution >= 4 is 63.7 Å². The molecule has 2 aromatic rings. The predicted octanol–water partition coefficient (Wildman–Crippen LogP) is 4.37. The molecular formula is C37H47NNaO12. The van der Waals surface area contributed by atoms with Crippen molar-refractivity contribution in [3.05, 3.63) is 53.3 Å². The number of phenols is 3. The van der Waals surface area contributed by atoms with Gasteiger partial charge in [-0.1, -0.05) is 45.9 Å². The second-order valence-corrected chi connectivity index (χ2v) is 13.4. The van der Waals surface area contributed by atoms with Gasteiger partial charge in [-0.05, 0) is 19.9 Å². The van der Waals surface area contributed by atoms with Crippen LogP contribution >= 0.6 is 0 Å². The fourth-order valence-electron chi connectivity index (χ4n) is 6.65. The van der Waals surface area contributed by atoms with Gasteiger partial charge in [-0.2, -0.15) is 0 Å². The van der Waals surface area contributed by atoms with Crippen molar-refractivity contribution in [2.24, 2.45) is 23.7 Å². The number of rotatable bonds is 2. The van der Waals surface area contributed by atoms with Gasteiger partial charge in [0.2, 0.25) is 0 Å². The van der Waals surface area contributed by atoms with E-state index in [9.17, 15) is 39.9 Å². The zero-order valence-corrected chi connectivity index (χ0v) is 32.7. The topological polar surface area (TPSA) is 201 Å². The largest absolute Gasteiger partial charge is 0.507 e. The number of carbonyl (C=O) groups excluding carboxylic acids is 3. The SMILES string of the molecule is CO[C@H]1/C=C/O[C@@]2(C)Oc3c(C)c(O)c4c(O)c(cc(O)c4c3C2=O)NC(=O)/C(C)=C\C=C\[C@H](C)[C@H](O)[C@@H](C)[C@@H](O)[C@H](C)[C@H](OC(C)=O)[C@H]1C.[Na]. The van der Waals surface area contributed by atoms with Crippen LogP contribution in [-0.4, -0.2) is 110 Å². The van der Waals surface area contributed by atoms with Crippen molar-refractivity contribution in [1.29, 1.82) is 0 Å². The van der Waals surface area contributed by atoms with Gasteiger partial charge in [-0.15, -0.1) is 0 Å². The maximum absolute atomic E-state index is 13.9. The molecule has 0 fully saturated rings. The second kappa shape index (κ2) is 16.4. The van der Waals surface area contributed by atoms with E-state index in [4.69, 9.17) is 18.9 Å². The van der Waals surface area contributed by atoms with E-state index in [1.807, 2.05) is 0 Å². The molecule has 0 saturated heterocycles. The molecule has 51 heavy (non-hydrogen) atoms. The minimum absolute atomic E-state index is 0. The number of aromatic hydroxyl groups is 3. The molecule has 0 unspecified atom stereocenters. The van der Waals surface area contributed by atoms with Crippen LogP contribution in [0.5, 0.6) is 23.0 Å². The normalized spacial score (nSPS) is 32.6. The molecule has 9 atom stereocenters. The number of Topliss-reactive ketones (excluding diaryl/α,β-unsaturated/α-hetero) is 1. The van der Waals surface area contributed by atoms with Gasteiger partial charge in [0, 0.05) is 96.8 Å². The summed E-state index contributed by atoms with van der Waals surface area (Å²) >= 11 is 0. The van der Waals surface area contributed by atoms with E-state index >= 15 is 0 Å². The van der Waals surface area contributed by atoms with E-state index in [2.05, 4.69) is 5.32 Å². The number of esters is 1. The molecule has 3 heterocycles. The van der Waals surface area contributed by atoms with E-state index in [-0.39, 0.29) is 68.5 Å². The summed E-state index contributed by atoms with van der Waals surface area (Å²) in [6.45, 7) is 12.5. The van der Waals surface area contributed by atoms with Gasteiger partial charge < -0.3 is 49.8 Å². The summed E-state index contributed by atoms with van der Waals surface area (Å²) in [7, 11) is 1.43. The maximum atomic E-state index is 13.9. The van der Waals surface area contributed by atoms with Crippen molar-refractivity contribution in [3.63, 3.8) is 0 Å². The first-order chi connectivity index (χ1) is 23.4. The third-order valence-corrected chi connectivity index (χ3v) is 9.84. The summed E-state index contributed by atoms with van der Waals surface area (Å²) in [6, 6.07) is 1.06. The molecule has 14 heteroatoms. The van der Waals surface area contributed by atoms with E-state index < -0.39 is 88.8 Å². The Morgan fingerprint density at radius 2 is 1.59 bits per heavy atom. The van der Waals surface area contributed by atoms with Gasteiger partial charge in [-0.25, -0.2) is 0 Å². The first-order valence-corrected chi connectivity index (χ1v) is 16.4. The second-order valence-electron chi connectivity index (χ2n) is 13.4. The number of benzene rings is 2. The van der Waals surface area contributed by atoms with Crippen LogP contribution in [0, 0.1) is 30.6 Å². The van der Waals surface area contributed by atoms with Crippen molar-refractivity contribution in [3.8, 4) is 23.0 Å². The molecule has 5 rings (SSSR count). The molecular weight excluding hydrogens is 673 g/mol. The number of ether oxygens (including phenoxy) is 4. The molecule has 6 N–H and O–H groups in total. The average molecular weight is 721 g/mol. The maximum Gasteiger partial charge on any atom is 0.312 e. The van der Waals surface area contributed by atoms with E-state index in [0.717, 1.165) is 6.07 Å². The van der Waals surface area contributed by atoms with E-state index in [1.165, 1.54) is 53.2 Å². The molecule has 2 aromatic carbocycles. The molecule has 1 radical (unpaired) electrons. The first kappa shape index (κ1) is 41.8. The Kier molecular flexibility index (Phi) is 13.4. The summed E-state index contributed by atoms with van der Waals surface area (Å²) in [5.74, 6) is -7.99. The van der Waals surface area contributed by atoms with Crippen LogP contribution in [0.4, 0.5) is 5.69 Å². The summed E-state index contributed by atoms with van der Waals surface area (Å²) in [5, 5.41) is 58.2. The zero-order valence-electron chi connectivity index (χ0n) is 30.7. The van der Waals surface area contributed by atoms with Crippen molar-refractivity contribution in [2.45, 2.75) is 85.6 Å². The fraction of sp³-hybridized carbons (Fsp3) is 0.486. The van der Waals surface area contributed by atoms with Gasteiger partial charge in [0.15, 0.2) is 5.75 Å². The molecule has 1 amide bonds. The van der Waals surface area contributed by atoms with Crippen LogP contribution in [0.1, 0.15) is 64.4 Å². The molecule has 5 bridgehead atoms. The number of aliphatic hydroxyl groups is 2. The Morgan fingerprint density at radius 1 is 0.941 bits per heavy atom. The monoisotopic (exact) mass is 720 g/mol. The Bertz CT molecular complexity index is 1770. The van der Waals surface area contributed by atoms with E-state index in [0.29, 0.717) is 0 Å². The van der Waals surface area contributed by atoms with Gasteiger partial charge >= 0.3 is 11.8 Å². The minimum atomic E-state index is -1.98. The van der Waals surface area contributed by atoms with Crippen molar-refractivity contribution in [1.82, 2.24) is 0 Å². The standard InChI is InChI=1S/C37H47NO12.Na/c1-16-11-10-12-17(2)36(46)38-23-15-24(40)26-27(32(23)44)31(43)21(6)34-28(26)35(45)37(8,50-34)48-14-13-25(47-9)18(3)33(49-22(7)39)20(5)30(42)19(4)29(16)41;/h10-16,18-20,25,29-30,33,40-44H,1-9H3,(H,38,46);/b11-10+,14-13+,17-12-;/t16-,18-,19+,20-,25-,29-,30+,33+,37-;/m0./s1. The Balaban J connectivity index is 0.00000702. The number of nitrogens with one attached hydrogen (secondary N) is 1. The van der Waals surface area contributed by atoms with Crippen LogP contribution in [-0.2, 0) is 23.8 Å². The summed E-state index contributed by atoms with van der Waals surface area (Å²) in [4.78, 5) is 39.2. The van der Waals surface area contributed by atoms with Crippen LogP contribution < -0.4 is 10.1 Å². The van der Waals surface area contributed by atoms with Crippen LogP contribution in [0.2, 0.25) is 0 Å². The van der Waals surface area contributed by atoms with Crippen molar-refractivity contribution < 1.29 is 58.9 Å². The zero-order chi connectivity index (χ0) is 37.4. The first-order valence-electron chi connectivity index (χ1n) is 16.4. The van der Waals surface area contributed by atoms with Crippen LogP contribution in [0.15, 0.2) is 42.2 Å². The quantitative estimate of drug-likeness (QED) is 0.111. The van der Waals surface area contributed by atoms with Crippen molar-refractivity contribution in [2.75, 3.05) is 12.4 Å². The Labute approximate surface area is 319 Å². The van der Waals surface area contributed by atoms with Gasteiger partial charge in [0.05, 0.1) is 41.2 Å². The summed E-state index contributed by atoms with van der Waals surface area (Å²) in [6.07, 6.45) is 3.62. The summed E-state index contributed by atoms with van der Waals surface area (Å²) in [5.41, 5.74) is -0.0929. The predicted molar refractivity (Wildman–Crippen MR) is 190 cm³/mol. The number of carbonyl (C=O) groups is 3. The number of hydrogen-bond donors (Lipinski definition) is 6. The third kappa shape index (κ3) is 8.08. The number of fused-ring (bicyclic) bond motifs is 14. The number of ketones is 1. The number of hydrogen-bond acceptors (Lipinski definition) is 12. The molecule has 13 nitrogen and oxygen atoms in total. The van der Waals surface area contributed by atoms with Crippen LogP contribution in [0.3, 0.4) is 0 Å². The molecule has 0 saturated carbocycles. The number of anilines is 1. The fourth-order valence-corrected chi connectivity index (χ4v) is 6.65. The number of phenolic OH excluding ortho intramolecular Hbond substituents is 3. The number of aliphatic hydroxyl groups excluding tert-OH is 2. The smallest absolute Gasteiger partial charge is 0.312 e. The average Bonchev–Trinajstić information content (AvgIpc) is 3.33. The summed E-state index contributed by atoms with van der Waals surface area (Å²) < 4.78 is 23.2. The number of methoxy groups -OCH3 is 1. The third-order valence-electron chi connectivity index (χ3n) is 9.84. The van der Waals surface area contributed by atoms with Gasteiger partial charge in [0.1, 0.15) is 23.4 Å². The Hall–Kier alpha value is -3.59. The molecule has 0 aromatic heterocycles. The van der Waals surface area contributed by atoms with E-state index in [1.54, 1.807) is 39.8 Å². The molecule has 273 valence electrons. The van der Waals surface area contributed by atoms with Crippen LogP contribution in [0.25, 0.3) is 10.8 Å². The number of amides is 1. The molecule has 0 spiro atoms. The Morgan fingerprint density at radius 3 is 2.20 bits per heavy atom. The van der Waals surface area contributed by atoms with Gasteiger partial charge in [0.25, 0.3) is 11.7 Å². The minimum Gasteiger partial charge on any atom is -0.507 e. The molecule has 3 aliphatic rings. The molecule has 0 aliphatic carbocycles.